The molecule has 31 heavy (non-hydrogen) atoms. The van der Waals surface area contributed by atoms with Crippen LogP contribution in [0.15, 0.2) is 59.1 Å². The number of carbonyl (C=O) groups excluding carboxylic acids is 2. The minimum atomic E-state index is -0.205. The largest absolute Gasteiger partial charge is 0.348 e. The minimum absolute atomic E-state index is 0.141. The monoisotopic (exact) mass is 497 g/mol. The predicted octanol–water partition coefficient (Wildman–Crippen LogP) is 5.13. The maximum absolute atomic E-state index is 12.8. The van der Waals surface area contributed by atoms with Gasteiger partial charge < -0.3 is 15.5 Å². The van der Waals surface area contributed by atoms with E-state index in [4.69, 9.17) is 4.98 Å². The first-order chi connectivity index (χ1) is 14.8. The molecule has 158 valence electrons. The molecule has 2 aromatic carbocycles. The number of nitrogens with one attached hydrogen (secondary N) is 2. The van der Waals surface area contributed by atoms with Gasteiger partial charge in [0.15, 0.2) is 0 Å². The zero-order valence-corrected chi connectivity index (χ0v) is 19.5. The number of carbonyl (C=O) groups is 2. The molecule has 0 bridgehead atoms. The minimum Gasteiger partial charge on any atom is -0.348 e. The molecular weight excluding hydrogens is 478 g/mol. The van der Waals surface area contributed by atoms with Crippen LogP contribution in [-0.2, 0) is 4.79 Å². The Kier molecular flexibility index (Phi) is 5.79. The summed E-state index contributed by atoms with van der Waals surface area (Å²) in [6.07, 6.45) is 0. The summed E-state index contributed by atoms with van der Waals surface area (Å²) >= 11 is 4.86. The van der Waals surface area contributed by atoms with E-state index in [1.807, 2.05) is 53.9 Å². The zero-order chi connectivity index (χ0) is 22.1. The van der Waals surface area contributed by atoms with Gasteiger partial charge in [0.1, 0.15) is 10.3 Å². The fourth-order valence-electron chi connectivity index (χ4n) is 3.13. The van der Waals surface area contributed by atoms with E-state index in [1.165, 1.54) is 18.3 Å². The quantitative estimate of drug-likeness (QED) is 0.400. The lowest BCUT2D eigenvalue weighted by atomic mass is 10.2. The van der Waals surface area contributed by atoms with E-state index in [-0.39, 0.29) is 11.8 Å². The summed E-state index contributed by atoms with van der Waals surface area (Å²) in [6.45, 7) is 1.45. The van der Waals surface area contributed by atoms with E-state index in [9.17, 15) is 9.59 Å². The molecule has 0 aliphatic heterocycles. The molecule has 0 spiro atoms. The molecule has 9 heteroatoms. The number of amides is 2. The number of benzene rings is 2. The zero-order valence-electron chi connectivity index (χ0n) is 17.1. The Bertz CT molecular complexity index is 1260. The van der Waals surface area contributed by atoms with Crippen LogP contribution in [0.25, 0.3) is 16.0 Å². The van der Waals surface area contributed by atoms with Crippen LogP contribution in [0.5, 0.6) is 0 Å². The van der Waals surface area contributed by atoms with Gasteiger partial charge in [-0.2, -0.15) is 0 Å². The second-order valence-corrected chi connectivity index (χ2v) is 9.08. The number of fused-ring (bicyclic) bond motifs is 1. The molecule has 2 aromatic heterocycles. The number of nitrogens with zero attached hydrogens (tertiary/aromatic N) is 3. The second-order valence-electron chi connectivity index (χ2n) is 7.13. The van der Waals surface area contributed by atoms with Crippen molar-refractivity contribution >= 4 is 66.8 Å². The molecule has 4 aromatic rings. The number of imidazole rings is 1. The van der Waals surface area contributed by atoms with E-state index < -0.39 is 0 Å². The molecule has 0 radical (unpaired) electrons. The molecular formula is C22H20BrN5O2S. The third kappa shape index (κ3) is 4.47. The third-order valence-electron chi connectivity index (χ3n) is 4.49. The van der Waals surface area contributed by atoms with Crippen molar-refractivity contribution in [3.63, 3.8) is 0 Å². The molecule has 0 fully saturated rings. The van der Waals surface area contributed by atoms with Crippen molar-refractivity contribution in [3.05, 3.63) is 63.9 Å². The highest BCUT2D eigenvalue weighted by atomic mass is 79.9. The van der Waals surface area contributed by atoms with Gasteiger partial charge in [-0.1, -0.05) is 15.9 Å². The van der Waals surface area contributed by atoms with E-state index in [0.717, 1.165) is 26.5 Å². The van der Waals surface area contributed by atoms with E-state index >= 15 is 0 Å². The molecule has 0 saturated carbocycles. The van der Waals surface area contributed by atoms with Crippen LogP contribution in [0.3, 0.4) is 0 Å². The number of thiophene rings is 1. The topological polar surface area (TPSA) is 79.3 Å². The lowest BCUT2D eigenvalue weighted by molar-refractivity contribution is -0.114. The lowest BCUT2D eigenvalue weighted by Crippen LogP contribution is -2.14. The summed E-state index contributed by atoms with van der Waals surface area (Å²) in [6, 6.07) is 16.8. The third-order valence-corrected chi connectivity index (χ3v) is 6.13. The Morgan fingerprint density at radius 1 is 1.00 bits per heavy atom. The SMILES string of the molecule is CC(=O)Nc1ccc(NC(=O)c2cc3nc(N(C)C)n(-c4ccc(Br)cc4)c3s2)cc1. The second kappa shape index (κ2) is 8.52. The number of hydrogen-bond acceptors (Lipinski definition) is 5. The molecule has 0 unspecified atom stereocenters. The van der Waals surface area contributed by atoms with Gasteiger partial charge >= 0.3 is 0 Å². The molecule has 7 nitrogen and oxygen atoms in total. The Hall–Kier alpha value is -3.17. The molecule has 0 aliphatic carbocycles. The first-order valence-corrected chi connectivity index (χ1v) is 11.1. The van der Waals surface area contributed by atoms with Crippen molar-refractivity contribution in [1.29, 1.82) is 0 Å². The van der Waals surface area contributed by atoms with E-state index in [1.54, 1.807) is 24.3 Å². The van der Waals surface area contributed by atoms with Crippen molar-refractivity contribution in [1.82, 2.24) is 9.55 Å². The van der Waals surface area contributed by atoms with Gasteiger partial charge in [-0.15, -0.1) is 11.3 Å². The van der Waals surface area contributed by atoms with Crippen molar-refractivity contribution in [2.24, 2.45) is 0 Å². The van der Waals surface area contributed by atoms with Crippen LogP contribution in [0.1, 0.15) is 16.6 Å². The summed E-state index contributed by atoms with van der Waals surface area (Å²) in [5.74, 6) is 0.450. The van der Waals surface area contributed by atoms with Gasteiger partial charge in [-0.3, -0.25) is 14.2 Å². The van der Waals surface area contributed by atoms with Crippen LogP contribution in [0.2, 0.25) is 0 Å². The van der Waals surface area contributed by atoms with Crippen molar-refractivity contribution in [2.45, 2.75) is 6.92 Å². The first-order valence-electron chi connectivity index (χ1n) is 9.46. The molecule has 2 N–H and O–H groups in total. The summed E-state index contributed by atoms with van der Waals surface area (Å²) in [5, 5.41) is 5.60. The van der Waals surface area contributed by atoms with Crippen LogP contribution >= 0.6 is 27.3 Å². The maximum Gasteiger partial charge on any atom is 0.265 e. The summed E-state index contributed by atoms with van der Waals surface area (Å²) < 4.78 is 3.04. The highest BCUT2D eigenvalue weighted by Crippen LogP contribution is 2.33. The number of rotatable bonds is 5. The lowest BCUT2D eigenvalue weighted by Gasteiger charge is -2.14. The van der Waals surface area contributed by atoms with Gasteiger partial charge in [-0.25, -0.2) is 4.98 Å². The Balaban J connectivity index is 1.64. The average molecular weight is 498 g/mol. The van der Waals surface area contributed by atoms with Gasteiger partial charge in [0.25, 0.3) is 5.91 Å². The number of halogens is 1. The van der Waals surface area contributed by atoms with Crippen molar-refractivity contribution < 1.29 is 9.59 Å². The first kappa shape index (κ1) is 21.1. The van der Waals surface area contributed by atoms with Gasteiger partial charge in [0.2, 0.25) is 11.9 Å². The predicted molar refractivity (Wildman–Crippen MR) is 130 cm³/mol. The van der Waals surface area contributed by atoms with Crippen molar-refractivity contribution in [2.75, 3.05) is 29.6 Å². The smallest absolute Gasteiger partial charge is 0.265 e. The highest BCUT2D eigenvalue weighted by molar-refractivity contribution is 9.10. The Morgan fingerprint density at radius 2 is 1.61 bits per heavy atom. The molecule has 0 atom stereocenters. The van der Waals surface area contributed by atoms with Crippen LogP contribution in [-0.4, -0.2) is 35.5 Å². The summed E-state index contributed by atoms with van der Waals surface area (Å²) in [4.78, 5) is 32.1. The Morgan fingerprint density at radius 3 is 2.19 bits per heavy atom. The highest BCUT2D eigenvalue weighted by Gasteiger charge is 2.20. The summed E-state index contributed by atoms with van der Waals surface area (Å²) in [5.41, 5.74) is 3.06. The number of aromatic nitrogens is 2. The summed E-state index contributed by atoms with van der Waals surface area (Å²) in [7, 11) is 3.89. The molecule has 4 rings (SSSR count). The van der Waals surface area contributed by atoms with E-state index in [0.29, 0.717) is 16.3 Å². The molecule has 0 saturated heterocycles. The average Bonchev–Trinajstić information content (AvgIpc) is 3.28. The maximum atomic E-state index is 12.8. The van der Waals surface area contributed by atoms with Gasteiger partial charge in [0, 0.05) is 42.6 Å². The number of hydrogen-bond donors (Lipinski definition) is 2. The van der Waals surface area contributed by atoms with Crippen LogP contribution < -0.4 is 15.5 Å². The number of anilines is 3. The van der Waals surface area contributed by atoms with Crippen LogP contribution in [0.4, 0.5) is 17.3 Å². The van der Waals surface area contributed by atoms with Crippen molar-refractivity contribution in [3.8, 4) is 5.69 Å². The van der Waals surface area contributed by atoms with Gasteiger partial charge in [0.05, 0.1) is 4.88 Å². The van der Waals surface area contributed by atoms with Gasteiger partial charge in [-0.05, 0) is 54.6 Å². The fourth-order valence-corrected chi connectivity index (χ4v) is 4.40. The molecule has 2 heterocycles. The van der Waals surface area contributed by atoms with E-state index in [2.05, 4.69) is 26.6 Å². The molecule has 2 amide bonds. The standard InChI is InChI=1S/C22H20BrN5O2S/c1-13(29)24-15-6-8-16(9-7-15)25-20(30)19-12-18-21(31-19)28(22(26-18)27(2)3)17-10-4-14(23)5-11-17/h4-12H,1-3H3,(H,24,29)(H,25,30). The normalized spacial score (nSPS) is 10.8. The fraction of sp³-hybridized carbons (Fsp3) is 0.136. The van der Waals surface area contributed by atoms with Crippen LogP contribution in [0, 0.1) is 0 Å². The Labute approximate surface area is 191 Å². The molecule has 0 aliphatic rings.